The quantitative estimate of drug-likeness (QED) is 0.508. The van der Waals surface area contributed by atoms with Crippen molar-refractivity contribution in [3.8, 4) is 0 Å². The molecule has 1 saturated heterocycles. The van der Waals surface area contributed by atoms with Crippen molar-refractivity contribution in [2.24, 2.45) is 0 Å². The minimum atomic E-state index is -2.03. The van der Waals surface area contributed by atoms with Crippen LogP contribution in [-0.4, -0.2) is 59.1 Å². The molecule has 9 heteroatoms. The van der Waals surface area contributed by atoms with E-state index in [0.717, 1.165) is 0 Å². The molecule has 32 heavy (non-hydrogen) atoms. The summed E-state index contributed by atoms with van der Waals surface area (Å²) < 4.78 is 21.3. The molecule has 7 nitrogen and oxygen atoms in total. The molecule has 0 spiro atoms. The van der Waals surface area contributed by atoms with Crippen LogP contribution in [0.25, 0.3) is 0 Å². The summed E-state index contributed by atoms with van der Waals surface area (Å²) in [6.45, 7) is 22.9. The summed E-state index contributed by atoms with van der Waals surface area (Å²) >= 11 is 0. The summed E-state index contributed by atoms with van der Waals surface area (Å²) in [6, 6.07) is 1.84. The van der Waals surface area contributed by atoms with E-state index in [4.69, 9.17) is 13.6 Å². The number of ether oxygens (including phenoxy) is 1. The zero-order valence-electron chi connectivity index (χ0n) is 22.3. The number of anilines is 1. The van der Waals surface area contributed by atoms with Crippen LogP contribution in [0.4, 0.5) is 5.82 Å². The van der Waals surface area contributed by atoms with E-state index in [1.165, 1.54) is 0 Å². The van der Waals surface area contributed by atoms with Crippen LogP contribution in [0, 0.1) is 0 Å². The first-order chi connectivity index (χ1) is 14.4. The van der Waals surface area contributed by atoms with Gasteiger partial charge in [0.1, 0.15) is 18.1 Å². The van der Waals surface area contributed by atoms with E-state index < -0.39 is 22.9 Å². The molecular weight excluding hydrogens is 438 g/mol. The fourth-order valence-electron chi connectivity index (χ4n) is 3.08. The lowest BCUT2D eigenvalue weighted by atomic mass is 10.2. The van der Waals surface area contributed by atoms with Crippen molar-refractivity contribution in [3.05, 3.63) is 22.7 Å². The van der Waals surface area contributed by atoms with Gasteiger partial charge in [0.15, 0.2) is 16.6 Å². The average molecular weight is 484 g/mol. The summed E-state index contributed by atoms with van der Waals surface area (Å²) in [5.41, 5.74) is -0.307. The third-order valence-corrected chi connectivity index (χ3v) is 16.4. The summed E-state index contributed by atoms with van der Waals surface area (Å²) in [5.74, 6) is 0.635. The third-order valence-electron chi connectivity index (χ3n) is 7.43. The molecule has 2 heterocycles. The molecule has 2 rings (SSSR count). The Morgan fingerprint density at radius 2 is 1.66 bits per heavy atom. The summed E-state index contributed by atoms with van der Waals surface area (Å²) in [7, 11) is -0.224. The molecule has 0 radical (unpaired) electrons. The van der Waals surface area contributed by atoms with E-state index >= 15 is 0 Å². The molecule has 0 aromatic carbocycles. The molecule has 1 aliphatic rings. The Kier molecular flexibility index (Phi) is 7.94. The predicted octanol–water partition coefficient (Wildman–Crippen LogP) is 5.01. The molecule has 0 amide bonds. The largest absolute Gasteiger partial charge is 0.414 e. The Hall–Kier alpha value is -1.01. The van der Waals surface area contributed by atoms with Crippen LogP contribution < -0.4 is 10.6 Å². The Balaban J connectivity index is 2.29. The second-order valence-electron chi connectivity index (χ2n) is 12.2. The number of aromatic nitrogens is 2. The van der Waals surface area contributed by atoms with Gasteiger partial charge in [-0.05, 0) is 42.3 Å². The minimum absolute atomic E-state index is 0.0850. The molecule has 0 bridgehead atoms. The highest BCUT2D eigenvalue weighted by molar-refractivity contribution is 6.74. The average Bonchev–Trinajstić information content (AvgIpc) is 2.99. The van der Waals surface area contributed by atoms with Crippen LogP contribution in [0.2, 0.25) is 36.3 Å². The number of rotatable bonds is 7. The number of nitrogens with zero attached hydrogens (tertiary/aromatic N) is 3. The standard InChI is InChI=1S/C23H45N3O4Si2/c1-22(2,3)31(9,10)28-16-18-17(30-32(11,12)23(4,5)6)15-20(29-18)26-14-13-19(25(7)8)24-21(26)27/h13-14,17-18,20H,15-16H2,1-12H3/t17-,18+,20+/m0/s1. The van der Waals surface area contributed by atoms with Crippen molar-refractivity contribution >= 4 is 22.5 Å². The van der Waals surface area contributed by atoms with Gasteiger partial charge in [0, 0.05) is 26.7 Å². The van der Waals surface area contributed by atoms with Gasteiger partial charge in [0.05, 0.1) is 12.7 Å². The van der Waals surface area contributed by atoms with Crippen molar-refractivity contribution < 1.29 is 13.6 Å². The third kappa shape index (κ3) is 6.11. The Labute approximate surface area is 196 Å². The van der Waals surface area contributed by atoms with Crippen LogP contribution in [0.5, 0.6) is 0 Å². The highest BCUT2D eigenvalue weighted by atomic mass is 28.4. The fourth-order valence-corrected chi connectivity index (χ4v) is 5.45. The molecule has 0 N–H and O–H groups in total. The summed E-state index contributed by atoms with van der Waals surface area (Å²) in [4.78, 5) is 18.7. The Morgan fingerprint density at radius 1 is 1.09 bits per heavy atom. The normalized spacial score (nSPS) is 22.9. The van der Waals surface area contributed by atoms with Gasteiger partial charge in [-0.3, -0.25) is 4.57 Å². The van der Waals surface area contributed by atoms with Gasteiger partial charge in [-0.1, -0.05) is 41.5 Å². The minimum Gasteiger partial charge on any atom is -0.414 e. The first kappa shape index (κ1) is 27.2. The van der Waals surface area contributed by atoms with E-state index in [0.29, 0.717) is 18.8 Å². The SMILES string of the molecule is CN(C)c1ccn([C@H]2C[C@H](O[Si](C)(C)C(C)(C)C)[C@@H](CO[Si](C)(C)C(C)(C)C)O2)c(=O)n1. The molecule has 0 aliphatic carbocycles. The van der Waals surface area contributed by atoms with Crippen LogP contribution >= 0.6 is 0 Å². The van der Waals surface area contributed by atoms with E-state index in [1.807, 2.05) is 25.1 Å². The monoisotopic (exact) mass is 483 g/mol. The second kappa shape index (κ2) is 9.33. The van der Waals surface area contributed by atoms with Gasteiger partial charge >= 0.3 is 5.69 Å². The zero-order chi connectivity index (χ0) is 24.7. The van der Waals surface area contributed by atoms with E-state index in [2.05, 4.69) is 72.7 Å². The smallest absolute Gasteiger partial charge is 0.351 e. The molecule has 1 fully saturated rings. The van der Waals surface area contributed by atoms with Gasteiger partial charge in [-0.25, -0.2) is 4.79 Å². The molecule has 0 saturated carbocycles. The van der Waals surface area contributed by atoms with Crippen LogP contribution in [0.1, 0.15) is 54.2 Å². The van der Waals surface area contributed by atoms with Crippen molar-refractivity contribution in [2.75, 3.05) is 25.6 Å². The maximum absolute atomic E-state index is 12.7. The van der Waals surface area contributed by atoms with E-state index in [9.17, 15) is 4.79 Å². The van der Waals surface area contributed by atoms with Crippen LogP contribution in [-0.2, 0) is 13.6 Å². The molecule has 184 valence electrons. The Morgan fingerprint density at radius 3 is 2.12 bits per heavy atom. The fraction of sp³-hybridized carbons (Fsp3) is 0.826. The van der Waals surface area contributed by atoms with Crippen LogP contribution in [0.15, 0.2) is 17.1 Å². The lowest BCUT2D eigenvalue weighted by Gasteiger charge is -2.40. The van der Waals surface area contributed by atoms with Gasteiger partial charge in [0.2, 0.25) is 0 Å². The number of hydrogen-bond acceptors (Lipinski definition) is 6. The van der Waals surface area contributed by atoms with E-state index in [-0.39, 0.29) is 28.0 Å². The highest BCUT2D eigenvalue weighted by Crippen LogP contribution is 2.42. The summed E-state index contributed by atoms with van der Waals surface area (Å²) in [5, 5.41) is 0.200. The molecular formula is C23H45N3O4Si2. The van der Waals surface area contributed by atoms with Gasteiger partial charge in [-0.15, -0.1) is 0 Å². The van der Waals surface area contributed by atoms with Gasteiger partial charge in [0.25, 0.3) is 0 Å². The maximum atomic E-state index is 12.7. The van der Waals surface area contributed by atoms with Crippen molar-refractivity contribution in [1.29, 1.82) is 0 Å². The van der Waals surface area contributed by atoms with Gasteiger partial charge in [-0.2, -0.15) is 4.98 Å². The molecule has 1 aliphatic heterocycles. The summed E-state index contributed by atoms with van der Waals surface area (Å²) in [6.07, 6.45) is 1.64. The number of hydrogen-bond donors (Lipinski definition) is 0. The zero-order valence-corrected chi connectivity index (χ0v) is 24.3. The first-order valence-corrected chi connectivity index (χ1v) is 17.4. The predicted molar refractivity (Wildman–Crippen MR) is 137 cm³/mol. The Bertz CT molecular complexity index is 841. The van der Waals surface area contributed by atoms with E-state index in [1.54, 1.807) is 10.8 Å². The maximum Gasteiger partial charge on any atom is 0.351 e. The first-order valence-electron chi connectivity index (χ1n) is 11.6. The molecule has 0 unspecified atom stereocenters. The molecule has 1 aromatic rings. The highest BCUT2D eigenvalue weighted by Gasteiger charge is 2.46. The molecule has 1 aromatic heterocycles. The van der Waals surface area contributed by atoms with Gasteiger partial charge < -0.3 is 18.5 Å². The molecule has 3 atom stereocenters. The van der Waals surface area contributed by atoms with Crippen molar-refractivity contribution in [2.45, 2.75) is 103 Å². The van der Waals surface area contributed by atoms with Crippen LogP contribution in [0.3, 0.4) is 0 Å². The lowest BCUT2D eigenvalue weighted by molar-refractivity contribution is -0.0411. The topological polar surface area (TPSA) is 65.8 Å². The van der Waals surface area contributed by atoms with Crippen molar-refractivity contribution in [3.63, 3.8) is 0 Å². The van der Waals surface area contributed by atoms with Crippen molar-refractivity contribution in [1.82, 2.24) is 9.55 Å². The second-order valence-corrected chi connectivity index (χ2v) is 21.8. The lowest BCUT2D eigenvalue weighted by Crippen LogP contribution is -2.48.